The number of thiophene rings is 1. The SMILES string of the molecule is COc1cc(C)c(/C=c2/sc3n(c2=O)[C@H](c2cccs2)C(C(=O)Nc2ccccc2)=C(C)N=3)cc1C(C)C. The van der Waals surface area contributed by atoms with Crippen LogP contribution in [0.2, 0.25) is 0 Å². The predicted octanol–water partition coefficient (Wildman–Crippen LogP) is 5.38. The number of nitrogens with one attached hydrogen (secondary N) is 1. The van der Waals surface area contributed by atoms with Crippen molar-refractivity contribution >= 4 is 40.3 Å². The van der Waals surface area contributed by atoms with E-state index >= 15 is 0 Å². The molecular formula is C30H29N3O3S2. The zero-order valence-electron chi connectivity index (χ0n) is 21.9. The number of nitrogens with zero attached hydrogens (tertiary/aromatic N) is 2. The van der Waals surface area contributed by atoms with Gasteiger partial charge in [0.15, 0.2) is 4.80 Å². The van der Waals surface area contributed by atoms with Crippen molar-refractivity contribution in [1.82, 2.24) is 4.57 Å². The monoisotopic (exact) mass is 543 g/mol. The third-order valence-electron chi connectivity index (χ3n) is 6.64. The van der Waals surface area contributed by atoms with Gasteiger partial charge in [-0.3, -0.25) is 14.2 Å². The molecule has 1 N–H and O–H groups in total. The largest absolute Gasteiger partial charge is 0.496 e. The smallest absolute Gasteiger partial charge is 0.271 e. The van der Waals surface area contributed by atoms with Crippen molar-refractivity contribution in [1.29, 1.82) is 0 Å². The van der Waals surface area contributed by atoms with Gasteiger partial charge in [-0.2, -0.15) is 0 Å². The van der Waals surface area contributed by atoms with Crippen LogP contribution in [0.25, 0.3) is 6.08 Å². The summed E-state index contributed by atoms with van der Waals surface area (Å²) in [7, 11) is 1.68. The molecular weight excluding hydrogens is 514 g/mol. The van der Waals surface area contributed by atoms with Gasteiger partial charge in [-0.25, -0.2) is 4.99 Å². The van der Waals surface area contributed by atoms with Crippen molar-refractivity contribution in [3.8, 4) is 5.75 Å². The summed E-state index contributed by atoms with van der Waals surface area (Å²) in [4.78, 5) is 33.7. The molecule has 1 atom stereocenters. The lowest BCUT2D eigenvalue weighted by Crippen LogP contribution is -2.40. The number of hydrogen-bond donors (Lipinski definition) is 1. The highest BCUT2D eigenvalue weighted by molar-refractivity contribution is 7.10. The highest BCUT2D eigenvalue weighted by Gasteiger charge is 2.33. The number of rotatable bonds is 6. The first-order valence-electron chi connectivity index (χ1n) is 12.4. The summed E-state index contributed by atoms with van der Waals surface area (Å²) in [5.74, 6) is 0.849. The molecule has 38 heavy (non-hydrogen) atoms. The summed E-state index contributed by atoms with van der Waals surface area (Å²) >= 11 is 2.87. The van der Waals surface area contributed by atoms with Crippen molar-refractivity contribution in [3.05, 3.63) is 113 Å². The Hall–Kier alpha value is -3.75. The molecule has 3 heterocycles. The fourth-order valence-corrected chi connectivity index (χ4v) is 6.55. The Balaban J connectivity index is 1.66. The van der Waals surface area contributed by atoms with Crippen LogP contribution < -0.4 is 24.9 Å². The summed E-state index contributed by atoms with van der Waals surface area (Å²) in [5, 5.41) is 4.94. The molecule has 0 saturated heterocycles. The normalized spacial score (nSPS) is 15.4. The van der Waals surface area contributed by atoms with Crippen LogP contribution in [0.1, 0.15) is 54.3 Å². The molecule has 5 rings (SSSR count). The lowest BCUT2D eigenvalue weighted by atomic mass is 9.96. The van der Waals surface area contributed by atoms with E-state index in [1.807, 2.05) is 73.8 Å². The average molecular weight is 544 g/mol. The van der Waals surface area contributed by atoms with Crippen LogP contribution in [0.4, 0.5) is 5.69 Å². The number of benzene rings is 2. The van der Waals surface area contributed by atoms with E-state index in [0.29, 0.717) is 26.3 Å². The number of methoxy groups -OCH3 is 1. The molecule has 0 aliphatic carbocycles. The van der Waals surface area contributed by atoms with Crippen molar-refractivity contribution in [3.63, 3.8) is 0 Å². The van der Waals surface area contributed by atoms with Crippen LogP contribution in [0.3, 0.4) is 0 Å². The molecule has 0 bridgehead atoms. The van der Waals surface area contributed by atoms with Crippen molar-refractivity contribution in [2.75, 3.05) is 12.4 Å². The number of ether oxygens (including phenoxy) is 1. The van der Waals surface area contributed by atoms with Gasteiger partial charge in [-0.05, 0) is 78.2 Å². The number of hydrogen-bond acceptors (Lipinski definition) is 6. The highest BCUT2D eigenvalue weighted by Crippen LogP contribution is 2.33. The van der Waals surface area contributed by atoms with Gasteiger partial charge in [0.2, 0.25) is 0 Å². The third-order valence-corrected chi connectivity index (χ3v) is 8.55. The molecule has 2 aromatic carbocycles. The van der Waals surface area contributed by atoms with Gasteiger partial charge in [0.25, 0.3) is 11.5 Å². The number of para-hydroxylation sites is 1. The molecule has 1 aliphatic heterocycles. The number of amides is 1. The number of carbonyl (C=O) groups is 1. The molecule has 2 aromatic heterocycles. The number of aromatic nitrogens is 1. The molecule has 6 nitrogen and oxygen atoms in total. The fourth-order valence-electron chi connectivity index (χ4n) is 4.69. The third kappa shape index (κ3) is 4.77. The molecule has 1 amide bonds. The van der Waals surface area contributed by atoms with Crippen molar-refractivity contribution < 1.29 is 9.53 Å². The summed E-state index contributed by atoms with van der Waals surface area (Å²) in [5.41, 5.74) is 4.67. The molecule has 0 spiro atoms. The molecule has 8 heteroatoms. The number of thiazole rings is 1. The van der Waals surface area contributed by atoms with Crippen molar-refractivity contribution in [2.24, 2.45) is 4.99 Å². The van der Waals surface area contributed by atoms with E-state index in [2.05, 4.69) is 25.2 Å². The minimum absolute atomic E-state index is 0.161. The van der Waals surface area contributed by atoms with Gasteiger partial charge < -0.3 is 10.1 Å². The van der Waals surface area contributed by atoms with Crippen LogP contribution >= 0.6 is 22.7 Å². The average Bonchev–Trinajstić information content (AvgIpc) is 3.53. The topological polar surface area (TPSA) is 72.7 Å². The van der Waals surface area contributed by atoms with E-state index in [-0.39, 0.29) is 17.4 Å². The van der Waals surface area contributed by atoms with Crippen LogP contribution in [0.5, 0.6) is 5.75 Å². The Morgan fingerprint density at radius 1 is 1.13 bits per heavy atom. The molecule has 194 valence electrons. The Morgan fingerprint density at radius 3 is 2.55 bits per heavy atom. The van der Waals surface area contributed by atoms with E-state index in [1.165, 1.54) is 22.7 Å². The second kappa shape index (κ2) is 10.6. The number of anilines is 1. The number of aryl methyl sites for hydroxylation is 1. The van der Waals surface area contributed by atoms with E-state index < -0.39 is 6.04 Å². The predicted molar refractivity (Wildman–Crippen MR) is 155 cm³/mol. The van der Waals surface area contributed by atoms with Crippen LogP contribution in [-0.2, 0) is 4.79 Å². The van der Waals surface area contributed by atoms with Gasteiger partial charge in [-0.15, -0.1) is 11.3 Å². The first kappa shape index (κ1) is 25.9. The summed E-state index contributed by atoms with van der Waals surface area (Å²) < 4.78 is 7.83. The fraction of sp³-hybridized carbons (Fsp3) is 0.233. The van der Waals surface area contributed by atoms with E-state index in [4.69, 9.17) is 9.73 Å². The molecule has 0 saturated carbocycles. The minimum Gasteiger partial charge on any atom is -0.496 e. The Labute approximate surface area is 229 Å². The summed E-state index contributed by atoms with van der Waals surface area (Å²) in [6, 6.07) is 16.8. The maximum atomic E-state index is 13.9. The Morgan fingerprint density at radius 2 is 1.89 bits per heavy atom. The van der Waals surface area contributed by atoms with Crippen LogP contribution in [-0.4, -0.2) is 17.6 Å². The second-order valence-electron chi connectivity index (χ2n) is 9.52. The zero-order valence-corrected chi connectivity index (χ0v) is 23.6. The number of carbonyl (C=O) groups excluding carboxylic acids is 1. The Kier molecular flexibility index (Phi) is 7.19. The molecule has 0 fully saturated rings. The lowest BCUT2D eigenvalue weighted by molar-refractivity contribution is -0.113. The maximum Gasteiger partial charge on any atom is 0.271 e. The second-order valence-corrected chi connectivity index (χ2v) is 11.5. The van der Waals surface area contributed by atoms with Gasteiger partial charge in [0, 0.05) is 10.6 Å². The quantitative estimate of drug-likeness (QED) is 0.355. The summed E-state index contributed by atoms with van der Waals surface area (Å²) in [6.07, 6.45) is 1.93. The van der Waals surface area contributed by atoms with Gasteiger partial charge in [0.1, 0.15) is 11.8 Å². The van der Waals surface area contributed by atoms with Crippen molar-refractivity contribution in [2.45, 2.75) is 39.7 Å². The molecule has 0 unspecified atom stereocenters. The molecule has 1 aliphatic rings. The maximum absolute atomic E-state index is 13.9. The first-order valence-corrected chi connectivity index (χ1v) is 14.1. The molecule has 0 radical (unpaired) electrons. The minimum atomic E-state index is -0.555. The summed E-state index contributed by atoms with van der Waals surface area (Å²) in [6.45, 7) is 8.09. The highest BCUT2D eigenvalue weighted by atomic mass is 32.1. The van der Waals surface area contributed by atoms with Gasteiger partial charge >= 0.3 is 0 Å². The lowest BCUT2D eigenvalue weighted by Gasteiger charge is -2.24. The van der Waals surface area contributed by atoms with E-state index in [9.17, 15) is 9.59 Å². The number of allylic oxidation sites excluding steroid dienone is 1. The van der Waals surface area contributed by atoms with Crippen LogP contribution in [0, 0.1) is 6.92 Å². The van der Waals surface area contributed by atoms with Gasteiger partial charge in [-0.1, -0.05) is 49.4 Å². The standard InChI is InChI=1S/C30H29N3O3S2/c1-17(2)22-15-20(18(3)14-23(22)36-5)16-25-29(35)33-27(24-12-9-13-37-24)26(19(4)31-30(33)38-25)28(34)32-21-10-7-6-8-11-21/h6-17,27H,1-5H3,(H,32,34)/b25-16+/t27-/m1/s1. The molecule has 4 aromatic rings. The number of fused-ring (bicyclic) bond motifs is 1. The van der Waals surface area contributed by atoms with E-state index in [1.54, 1.807) is 11.7 Å². The van der Waals surface area contributed by atoms with Gasteiger partial charge in [0.05, 0.1) is 22.9 Å². The van der Waals surface area contributed by atoms with E-state index in [0.717, 1.165) is 27.3 Å². The van der Waals surface area contributed by atoms with Crippen LogP contribution in [0.15, 0.2) is 81.0 Å². The first-order chi connectivity index (χ1) is 18.3. The Bertz CT molecular complexity index is 1710. The zero-order chi connectivity index (χ0) is 27.0.